The Bertz CT molecular complexity index is 1490. The highest BCUT2D eigenvalue weighted by Crippen LogP contribution is 2.32. The minimum absolute atomic E-state index is 0.0480. The summed E-state index contributed by atoms with van der Waals surface area (Å²) in [7, 11) is -3.46. The largest absolute Gasteiger partial charge is 0.494 e. The van der Waals surface area contributed by atoms with Crippen LogP contribution in [0.15, 0.2) is 83.9 Å². The van der Waals surface area contributed by atoms with Gasteiger partial charge < -0.3 is 14.8 Å². The van der Waals surface area contributed by atoms with Gasteiger partial charge in [0.15, 0.2) is 5.88 Å². The van der Waals surface area contributed by atoms with Crippen LogP contribution < -0.4 is 4.31 Å². The van der Waals surface area contributed by atoms with E-state index in [1.807, 2.05) is 54.6 Å². The van der Waals surface area contributed by atoms with E-state index < -0.39 is 10.0 Å². The zero-order valence-electron chi connectivity index (χ0n) is 20.7. The van der Waals surface area contributed by atoms with Crippen LogP contribution in [-0.2, 0) is 14.8 Å². The van der Waals surface area contributed by atoms with E-state index >= 15 is 0 Å². The Morgan fingerprint density at radius 3 is 2.38 bits per heavy atom. The zero-order valence-corrected chi connectivity index (χ0v) is 21.5. The molecule has 0 bridgehead atoms. The van der Waals surface area contributed by atoms with Gasteiger partial charge >= 0.3 is 0 Å². The standard InChI is InChI=1S/C28H30N4O4S/c1-37(34,35)32(16-15-31-17-19-36-20-18-31)23-13-11-22(12-14-23)29-27(21-7-3-2-4-8-21)26-24-9-5-6-10-25(24)30-28(26)33/h2-14,30,33H,15-20H2,1H3. The number of H-pyrrole nitrogens is 1. The normalized spacial score (nSPS) is 15.2. The van der Waals surface area contributed by atoms with E-state index in [0.29, 0.717) is 49.0 Å². The summed E-state index contributed by atoms with van der Waals surface area (Å²) in [6.07, 6.45) is 1.23. The summed E-state index contributed by atoms with van der Waals surface area (Å²) in [4.78, 5) is 10.2. The summed E-state index contributed by atoms with van der Waals surface area (Å²) < 4.78 is 32.0. The summed E-state index contributed by atoms with van der Waals surface area (Å²) in [5, 5.41) is 11.7. The average Bonchev–Trinajstić information content (AvgIpc) is 3.24. The van der Waals surface area contributed by atoms with E-state index in [2.05, 4.69) is 9.88 Å². The lowest BCUT2D eigenvalue weighted by atomic mass is 10.0. The van der Waals surface area contributed by atoms with Crippen LogP contribution in [0.3, 0.4) is 0 Å². The Morgan fingerprint density at radius 1 is 1.00 bits per heavy atom. The maximum Gasteiger partial charge on any atom is 0.232 e. The maximum atomic E-state index is 12.6. The highest BCUT2D eigenvalue weighted by Gasteiger charge is 2.21. The first-order chi connectivity index (χ1) is 17.9. The molecule has 4 aromatic rings. The number of morpholine rings is 1. The second kappa shape index (κ2) is 10.8. The van der Waals surface area contributed by atoms with Gasteiger partial charge in [0.25, 0.3) is 0 Å². The van der Waals surface area contributed by atoms with Crippen LogP contribution in [0.1, 0.15) is 11.1 Å². The molecular weight excluding hydrogens is 488 g/mol. The molecule has 8 nitrogen and oxygen atoms in total. The molecule has 0 radical (unpaired) electrons. The van der Waals surface area contributed by atoms with Crippen molar-refractivity contribution in [3.8, 4) is 5.88 Å². The van der Waals surface area contributed by atoms with Gasteiger partial charge in [-0.05, 0) is 30.3 Å². The predicted molar refractivity (Wildman–Crippen MR) is 148 cm³/mol. The first kappa shape index (κ1) is 25.0. The lowest BCUT2D eigenvalue weighted by Crippen LogP contribution is -2.42. The summed E-state index contributed by atoms with van der Waals surface area (Å²) >= 11 is 0. The van der Waals surface area contributed by atoms with Gasteiger partial charge in [-0.15, -0.1) is 0 Å². The summed E-state index contributed by atoms with van der Waals surface area (Å²) in [6, 6.07) is 24.5. The fourth-order valence-corrected chi connectivity index (χ4v) is 5.51. The van der Waals surface area contributed by atoms with Gasteiger partial charge in [-0.3, -0.25) is 9.21 Å². The minimum atomic E-state index is -3.46. The fourth-order valence-electron chi connectivity index (χ4n) is 4.59. The number of hydrogen-bond acceptors (Lipinski definition) is 6. The molecular formula is C28H30N4O4S. The number of aliphatic imine (C=N–C) groups is 1. The summed E-state index contributed by atoms with van der Waals surface area (Å²) in [5.41, 5.74) is 4.15. The Balaban J connectivity index is 1.48. The van der Waals surface area contributed by atoms with Crippen LogP contribution in [0, 0.1) is 0 Å². The van der Waals surface area contributed by atoms with Crippen molar-refractivity contribution in [2.45, 2.75) is 0 Å². The average molecular weight is 519 g/mol. The van der Waals surface area contributed by atoms with E-state index in [4.69, 9.17) is 9.73 Å². The molecule has 0 unspecified atom stereocenters. The number of aromatic hydroxyl groups is 1. The predicted octanol–water partition coefficient (Wildman–Crippen LogP) is 4.14. The number of fused-ring (bicyclic) bond motifs is 1. The van der Waals surface area contributed by atoms with E-state index in [-0.39, 0.29) is 5.88 Å². The van der Waals surface area contributed by atoms with Crippen molar-refractivity contribution in [2.75, 3.05) is 50.0 Å². The number of hydrogen-bond donors (Lipinski definition) is 2. The van der Waals surface area contributed by atoms with Crippen LogP contribution in [0.2, 0.25) is 0 Å². The third-order valence-corrected chi connectivity index (χ3v) is 7.67. The topological polar surface area (TPSA) is 98.2 Å². The van der Waals surface area contributed by atoms with Crippen molar-refractivity contribution in [1.82, 2.24) is 9.88 Å². The molecule has 1 saturated heterocycles. The van der Waals surface area contributed by atoms with Gasteiger partial charge in [-0.25, -0.2) is 13.4 Å². The van der Waals surface area contributed by atoms with Gasteiger partial charge in [-0.1, -0.05) is 48.5 Å². The number of para-hydroxylation sites is 1. The van der Waals surface area contributed by atoms with Gasteiger partial charge in [0.05, 0.1) is 42.1 Å². The fraction of sp³-hybridized carbons (Fsp3) is 0.250. The van der Waals surface area contributed by atoms with Gasteiger partial charge in [0.2, 0.25) is 10.0 Å². The number of aromatic amines is 1. The van der Waals surface area contributed by atoms with Crippen LogP contribution in [0.25, 0.3) is 10.9 Å². The Kier molecular flexibility index (Phi) is 7.27. The Labute approximate surface area is 216 Å². The number of aromatic nitrogens is 1. The highest BCUT2D eigenvalue weighted by atomic mass is 32.2. The summed E-state index contributed by atoms with van der Waals surface area (Å²) in [5.74, 6) is 0.0480. The first-order valence-corrected chi connectivity index (χ1v) is 14.1. The third kappa shape index (κ3) is 5.69. The molecule has 3 aromatic carbocycles. The second-order valence-corrected chi connectivity index (χ2v) is 10.9. The van der Waals surface area contributed by atoms with E-state index in [1.54, 1.807) is 24.3 Å². The molecule has 1 aliphatic heterocycles. The van der Waals surface area contributed by atoms with E-state index in [1.165, 1.54) is 10.6 Å². The molecule has 0 saturated carbocycles. The second-order valence-electron chi connectivity index (χ2n) is 9.03. The van der Waals surface area contributed by atoms with Crippen molar-refractivity contribution in [3.05, 3.63) is 90.0 Å². The third-order valence-electron chi connectivity index (χ3n) is 6.47. The molecule has 2 heterocycles. The van der Waals surface area contributed by atoms with Crippen LogP contribution in [0.4, 0.5) is 11.4 Å². The maximum absolute atomic E-state index is 12.6. The SMILES string of the molecule is CS(=O)(=O)N(CCN1CCOCC1)c1ccc(N=C(c2ccccc2)c2c(O)[nH]c3ccccc23)cc1. The van der Waals surface area contributed by atoms with Crippen LogP contribution in [0.5, 0.6) is 5.88 Å². The molecule has 37 heavy (non-hydrogen) atoms. The van der Waals surface area contributed by atoms with E-state index in [9.17, 15) is 13.5 Å². The number of sulfonamides is 1. The highest BCUT2D eigenvalue weighted by molar-refractivity contribution is 7.92. The smallest absolute Gasteiger partial charge is 0.232 e. The number of anilines is 1. The van der Waals surface area contributed by atoms with Crippen LogP contribution >= 0.6 is 0 Å². The van der Waals surface area contributed by atoms with E-state index in [0.717, 1.165) is 29.6 Å². The number of benzene rings is 3. The molecule has 2 N–H and O–H groups in total. The lowest BCUT2D eigenvalue weighted by Gasteiger charge is -2.30. The molecule has 1 fully saturated rings. The molecule has 0 amide bonds. The molecule has 0 aliphatic carbocycles. The molecule has 9 heteroatoms. The van der Waals surface area contributed by atoms with Crippen molar-refractivity contribution < 1.29 is 18.3 Å². The Hall–Kier alpha value is -3.66. The molecule has 0 spiro atoms. The number of nitrogens with zero attached hydrogens (tertiary/aromatic N) is 3. The Morgan fingerprint density at radius 2 is 1.68 bits per heavy atom. The first-order valence-electron chi connectivity index (χ1n) is 12.2. The molecule has 192 valence electrons. The lowest BCUT2D eigenvalue weighted by molar-refractivity contribution is 0.0395. The van der Waals surface area contributed by atoms with Crippen molar-refractivity contribution in [1.29, 1.82) is 0 Å². The van der Waals surface area contributed by atoms with Crippen molar-refractivity contribution in [2.24, 2.45) is 4.99 Å². The molecule has 1 aliphatic rings. The molecule has 5 rings (SSSR count). The van der Waals surface area contributed by atoms with Gasteiger partial charge in [0.1, 0.15) is 0 Å². The molecule has 0 atom stereocenters. The number of rotatable bonds is 8. The number of ether oxygens (including phenoxy) is 1. The minimum Gasteiger partial charge on any atom is -0.494 e. The van der Waals surface area contributed by atoms with Crippen molar-refractivity contribution in [3.63, 3.8) is 0 Å². The number of nitrogens with one attached hydrogen (secondary N) is 1. The quantitative estimate of drug-likeness (QED) is 0.342. The summed E-state index contributed by atoms with van der Waals surface area (Å²) in [6.45, 7) is 3.93. The molecule has 1 aromatic heterocycles. The van der Waals surface area contributed by atoms with Gasteiger partial charge in [0, 0.05) is 42.6 Å². The van der Waals surface area contributed by atoms with Crippen LogP contribution in [-0.4, -0.2) is 74.8 Å². The monoisotopic (exact) mass is 518 g/mol. The zero-order chi connectivity index (χ0) is 25.8. The van der Waals surface area contributed by atoms with Gasteiger partial charge in [-0.2, -0.15) is 0 Å². The van der Waals surface area contributed by atoms with Crippen molar-refractivity contribution >= 4 is 38.0 Å².